The van der Waals surface area contributed by atoms with Crippen LogP contribution < -0.4 is 16.1 Å². The van der Waals surface area contributed by atoms with Crippen LogP contribution in [0.3, 0.4) is 0 Å². The number of nitrogens with two attached hydrogens (primary N) is 1. The van der Waals surface area contributed by atoms with Gasteiger partial charge in [-0.1, -0.05) is 0 Å². The quantitative estimate of drug-likeness (QED) is 0.101. The van der Waals surface area contributed by atoms with Crippen LogP contribution in [0.2, 0.25) is 0 Å². The summed E-state index contributed by atoms with van der Waals surface area (Å²) in [5, 5.41) is 23.3. The fourth-order valence-corrected chi connectivity index (χ4v) is 3.41. The Hall–Kier alpha value is -2.93. The summed E-state index contributed by atoms with van der Waals surface area (Å²) < 4.78 is 5.10. The first-order chi connectivity index (χ1) is 14.9. The molecule has 0 bridgehead atoms. The van der Waals surface area contributed by atoms with E-state index in [0.717, 1.165) is 23.3 Å². The number of benzene rings is 2. The van der Waals surface area contributed by atoms with E-state index >= 15 is 0 Å². The van der Waals surface area contributed by atoms with Crippen LogP contribution in [0.5, 0.6) is 0 Å². The van der Waals surface area contributed by atoms with Crippen LogP contribution in [0.15, 0.2) is 45.0 Å². The Bertz CT molecular complexity index is 1090. The standard InChI is InChI=1S/C20H19BrN6O3S/c1-4-27(7-8-31-30-29-23)16-5-6-18(19(11-16)24-14(3)28)25-26-20-15(12-22)9-13(2)10-17(20)21/h5-6,9-11H,4,23H2,1-3H3,(H,24,28). The van der Waals surface area contributed by atoms with Crippen molar-refractivity contribution >= 4 is 56.6 Å². The SMILES string of the molecule is CCN(C#CSOON)c1ccc(N=Nc2c(Br)cc(C)cc2C#N)c(NC(C)=O)c1. The Kier molecular flexibility index (Phi) is 9.46. The van der Waals surface area contributed by atoms with Gasteiger partial charge < -0.3 is 10.2 Å². The second-order valence-corrected chi connectivity index (χ2v) is 7.40. The summed E-state index contributed by atoms with van der Waals surface area (Å²) in [5.74, 6) is 4.51. The van der Waals surface area contributed by atoms with Crippen molar-refractivity contribution in [3.05, 3.63) is 45.9 Å². The Morgan fingerprint density at radius 1 is 1.35 bits per heavy atom. The van der Waals surface area contributed by atoms with Crippen molar-refractivity contribution in [2.45, 2.75) is 20.8 Å². The van der Waals surface area contributed by atoms with Gasteiger partial charge in [0.2, 0.25) is 5.91 Å². The van der Waals surface area contributed by atoms with Crippen molar-refractivity contribution in [3.8, 4) is 17.4 Å². The Balaban J connectivity index is 2.42. The maximum atomic E-state index is 11.7. The molecule has 0 fully saturated rings. The Labute approximate surface area is 192 Å². The average molecular weight is 503 g/mol. The molecule has 2 aromatic rings. The predicted octanol–water partition coefficient (Wildman–Crippen LogP) is 5.22. The van der Waals surface area contributed by atoms with Gasteiger partial charge in [0, 0.05) is 29.2 Å². The number of halogens is 1. The first-order valence-corrected chi connectivity index (χ1v) is 10.4. The van der Waals surface area contributed by atoms with E-state index in [1.807, 2.05) is 19.9 Å². The minimum absolute atomic E-state index is 0.263. The van der Waals surface area contributed by atoms with Gasteiger partial charge in [-0.25, -0.2) is 0 Å². The maximum absolute atomic E-state index is 11.7. The van der Waals surface area contributed by atoms with E-state index in [1.54, 1.807) is 29.2 Å². The zero-order valence-electron chi connectivity index (χ0n) is 17.0. The molecule has 2 rings (SSSR count). The number of hydrogen-bond acceptors (Lipinski definition) is 9. The number of azo groups is 1. The lowest BCUT2D eigenvalue weighted by Gasteiger charge is -2.17. The van der Waals surface area contributed by atoms with Crippen molar-refractivity contribution in [2.75, 3.05) is 16.8 Å². The third kappa shape index (κ3) is 7.07. The van der Waals surface area contributed by atoms with Crippen LogP contribution >= 0.6 is 28.0 Å². The molecule has 3 N–H and O–H groups in total. The first-order valence-electron chi connectivity index (χ1n) is 8.90. The zero-order valence-corrected chi connectivity index (χ0v) is 19.4. The smallest absolute Gasteiger partial charge is 0.221 e. The third-order valence-electron chi connectivity index (χ3n) is 3.80. The molecular weight excluding hydrogens is 484 g/mol. The van der Waals surface area contributed by atoms with E-state index in [1.165, 1.54) is 6.92 Å². The summed E-state index contributed by atoms with van der Waals surface area (Å²) in [7, 11) is 0. The molecule has 160 valence electrons. The number of carbonyl (C=O) groups is 1. The molecule has 0 aliphatic heterocycles. The summed E-state index contributed by atoms with van der Waals surface area (Å²) in [6.07, 6.45) is 0. The van der Waals surface area contributed by atoms with Crippen molar-refractivity contribution in [1.29, 1.82) is 5.26 Å². The highest BCUT2D eigenvalue weighted by molar-refractivity contribution is 9.10. The first kappa shape index (κ1) is 24.3. The van der Waals surface area contributed by atoms with E-state index < -0.39 is 0 Å². The van der Waals surface area contributed by atoms with E-state index in [0.29, 0.717) is 33.6 Å². The minimum Gasteiger partial charge on any atom is -0.324 e. The van der Waals surface area contributed by atoms with Gasteiger partial charge in [-0.15, -0.1) is 19.6 Å². The van der Waals surface area contributed by atoms with Crippen molar-refractivity contribution in [3.63, 3.8) is 0 Å². The molecule has 11 heteroatoms. The molecular formula is C20H19BrN6O3S. The summed E-state index contributed by atoms with van der Waals surface area (Å²) in [4.78, 5) is 17.4. The average Bonchev–Trinajstić information content (AvgIpc) is 2.73. The van der Waals surface area contributed by atoms with Crippen LogP contribution in [0.1, 0.15) is 25.0 Å². The number of aryl methyl sites for hydroxylation is 1. The monoisotopic (exact) mass is 502 g/mol. The number of nitrogens with zero attached hydrogens (tertiary/aromatic N) is 4. The molecule has 0 aromatic heterocycles. The highest BCUT2D eigenvalue weighted by atomic mass is 79.9. The number of carbonyl (C=O) groups excluding carboxylic acids is 1. The summed E-state index contributed by atoms with van der Waals surface area (Å²) >= 11 is 4.16. The third-order valence-corrected chi connectivity index (χ3v) is 4.73. The lowest BCUT2D eigenvalue weighted by Crippen LogP contribution is -2.16. The van der Waals surface area contributed by atoms with Gasteiger partial charge >= 0.3 is 0 Å². The summed E-state index contributed by atoms with van der Waals surface area (Å²) in [6, 6.07) is 13.8. The molecule has 2 aromatic carbocycles. The predicted molar refractivity (Wildman–Crippen MR) is 123 cm³/mol. The number of rotatable bonds is 7. The van der Waals surface area contributed by atoms with E-state index in [-0.39, 0.29) is 5.91 Å². The highest BCUT2D eigenvalue weighted by Gasteiger charge is 2.11. The Morgan fingerprint density at radius 2 is 2.13 bits per heavy atom. The fourth-order valence-electron chi connectivity index (χ4n) is 2.53. The van der Waals surface area contributed by atoms with Crippen molar-refractivity contribution in [1.82, 2.24) is 0 Å². The minimum atomic E-state index is -0.263. The molecule has 0 saturated carbocycles. The molecule has 0 radical (unpaired) electrons. The molecule has 0 atom stereocenters. The number of nitrogens with one attached hydrogen (secondary N) is 1. The van der Waals surface area contributed by atoms with Crippen molar-refractivity contribution in [2.24, 2.45) is 16.1 Å². The molecule has 9 nitrogen and oxygen atoms in total. The molecule has 0 spiro atoms. The molecule has 0 aliphatic rings. The number of hydrogen-bond donors (Lipinski definition) is 2. The van der Waals surface area contributed by atoms with E-state index in [2.05, 4.69) is 58.2 Å². The van der Waals surface area contributed by atoms with Crippen LogP contribution in [0.4, 0.5) is 22.7 Å². The number of anilines is 2. The highest BCUT2D eigenvalue weighted by Crippen LogP contribution is 2.35. The molecule has 0 aliphatic carbocycles. The molecule has 0 heterocycles. The van der Waals surface area contributed by atoms with Crippen LogP contribution in [-0.4, -0.2) is 12.5 Å². The largest absolute Gasteiger partial charge is 0.324 e. The second kappa shape index (κ2) is 12.1. The summed E-state index contributed by atoms with van der Waals surface area (Å²) in [6.45, 7) is 5.77. The molecule has 0 saturated heterocycles. The van der Waals surface area contributed by atoms with Crippen LogP contribution in [0.25, 0.3) is 0 Å². The zero-order chi connectivity index (χ0) is 22.8. The van der Waals surface area contributed by atoms with E-state index in [4.69, 9.17) is 5.90 Å². The summed E-state index contributed by atoms with van der Waals surface area (Å²) in [5.41, 5.74) is 3.32. The normalized spacial score (nSPS) is 10.3. The topological polar surface area (TPSA) is 125 Å². The van der Waals surface area contributed by atoms with Gasteiger partial charge in [0.05, 0.1) is 16.9 Å². The molecule has 1 amide bonds. The van der Waals surface area contributed by atoms with Gasteiger partial charge in [-0.05, 0) is 65.7 Å². The van der Waals surface area contributed by atoms with Crippen LogP contribution in [-0.2, 0) is 14.1 Å². The van der Waals surface area contributed by atoms with Gasteiger partial charge in [0.15, 0.2) is 0 Å². The lowest BCUT2D eigenvalue weighted by molar-refractivity contribution is -0.194. The number of nitriles is 1. The fraction of sp³-hybridized carbons (Fsp3) is 0.200. The van der Waals surface area contributed by atoms with Gasteiger partial charge in [0.1, 0.15) is 29.5 Å². The van der Waals surface area contributed by atoms with Gasteiger partial charge in [0.25, 0.3) is 0 Å². The van der Waals surface area contributed by atoms with E-state index in [9.17, 15) is 10.1 Å². The Morgan fingerprint density at radius 3 is 2.77 bits per heavy atom. The van der Waals surface area contributed by atoms with Crippen molar-refractivity contribution < 1.29 is 14.1 Å². The molecule has 31 heavy (non-hydrogen) atoms. The van der Waals surface area contributed by atoms with Gasteiger partial charge in [-0.2, -0.15) is 11.2 Å². The second-order valence-electron chi connectivity index (χ2n) is 6.04. The maximum Gasteiger partial charge on any atom is 0.221 e. The number of amides is 1. The molecule has 0 unspecified atom stereocenters. The lowest BCUT2D eigenvalue weighted by atomic mass is 10.1. The van der Waals surface area contributed by atoms with Crippen LogP contribution in [0, 0.1) is 29.6 Å². The van der Waals surface area contributed by atoms with Gasteiger partial charge in [-0.3, -0.25) is 4.79 Å².